The molecule has 0 spiro atoms. The second-order valence-electron chi connectivity index (χ2n) is 6.31. The molecule has 7 heteroatoms. The molecular formula is C20H14F2N4O. The number of hydrogen-bond acceptors (Lipinski definition) is 3. The first-order valence-electron chi connectivity index (χ1n) is 8.52. The summed E-state index contributed by atoms with van der Waals surface area (Å²) in [5.74, 6) is -1.92. The van der Waals surface area contributed by atoms with Gasteiger partial charge in [0.25, 0.3) is 0 Å². The van der Waals surface area contributed by atoms with Gasteiger partial charge in [0.05, 0.1) is 17.3 Å². The average molecular weight is 364 g/mol. The van der Waals surface area contributed by atoms with E-state index in [1.807, 2.05) is 13.0 Å². The van der Waals surface area contributed by atoms with Crippen LogP contribution in [0.15, 0.2) is 53.1 Å². The third kappa shape index (κ3) is 2.70. The highest BCUT2D eigenvalue weighted by molar-refractivity contribution is 6.21. The molecule has 0 N–H and O–H groups in total. The number of aryl methyl sites for hydroxylation is 1. The molecule has 1 aliphatic carbocycles. The Balaban J connectivity index is 1.87. The van der Waals surface area contributed by atoms with E-state index in [-0.39, 0.29) is 6.42 Å². The number of allylic oxidation sites excluding steroid dienone is 4. The summed E-state index contributed by atoms with van der Waals surface area (Å²) in [5, 5.41) is 13.3. The molecule has 0 bridgehead atoms. The summed E-state index contributed by atoms with van der Waals surface area (Å²) in [6.45, 7) is 1.87. The molecule has 1 aromatic heterocycles. The zero-order valence-electron chi connectivity index (χ0n) is 14.4. The first kappa shape index (κ1) is 17.0. The van der Waals surface area contributed by atoms with E-state index in [2.05, 4.69) is 10.1 Å². The van der Waals surface area contributed by atoms with E-state index in [1.54, 1.807) is 24.3 Å². The number of rotatable bonds is 3. The van der Waals surface area contributed by atoms with Crippen LogP contribution in [0, 0.1) is 11.3 Å². The second kappa shape index (κ2) is 6.40. The molecule has 1 amide bonds. The van der Waals surface area contributed by atoms with Gasteiger partial charge >= 0.3 is 6.03 Å². The Morgan fingerprint density at radius 2 is 2.04 bits per heavy atom. The fraction of sp³-hybridized carbons (Fsp3) is 0.200. The molecule has 2 aromatic rings. The molecule has 0 fully saturated rings. The van der Waals surface area contributed by atoms with E-state index < -0.39 is 23.6 Å². The smallest absolute Gasteiger partial charge is 0.244 e. The molecule has 1 aromatic carbocycles. The van der Waals surface area contributed by atoms with Crippen molar-refractivity contribution in [2.24, 2.45) is 4.99 Å². The zero-order chi connectivity index (χ0) is 19.1. The quantitative estimate of drug-likeness (QED) is 0.814. The highest BCUT2D eigenvalue weighted by Gasteiger charge is 2.36. The number of aliphatic imine (C=N–C) groups is 1. The van der Waals surface area contributed by atoms with E-state index in [1.165, 1.54) is 10.8 Å². The van der Waals surface area contributed by atoms with E-state index in [9.17, 15) is 13.6 Å². The highest BCUT2D eigenvalue weighted by Crippen LogP contribution is 2.40. The molecule has 0 saturated carbocycles. The van der Waals surface area contributed by atoms with Crippen molar-refractivity contribution in [3.05, 3.63) is 76.1 Å². The summed E-state index contributed by atoms with van der Waals surface area (Å²) in [6.07, 6.45) is 2.84. The lowest BCUT2D eigenvalue weighted by Crippen LogP contribution is -2.12. The van der Waals surface area contributed by atoms with Crippen LogP contribution < -0.4 is 0 Å². The maximum absolute atomic E-state index is 14.6. The normalized spacial score (nSPS) is 18.5. The lowest BCUT2D eigenvalue weighted by molar-refractivity contribution is 0.249. The Hall–Kier alpha value is -3.40. The molecule has 5 nitrogen and oxygen atoms in total. The number of halogens is 2. The molecule has 1 atom stereocenters. The van der Waals surface area contributed by atoms with Crippen LogP contribution in [-0.2, 0) is 6.42 Å². The molecule has 1 aliphatic heterocycles. The van der Waals surface area contributed by atoms with Crippen molar-refractivity contribution in [3.63, 3.8) is 0 Å². The van der Waals surface area contributed by atoms with Gasteiger partial charge in [0, 0.05) is 23.1 Å². The highest BCUT2D eigenvalue weighted by atomic mass is 19.1. The molecule has 1 unspecified atom stereocenters. The average Bonchev–Trinajstić information content (AvgIpc) is 3.19. The molecule has 27 heavy (non-hydrogen) atoms. The molecule has 0 saturated heterocycles. The summed E-state index contributed by atoms with van der Waals surface area (Å²) < 4.78 is 29.1. The van der Waals surface area contributed by atoms with Gasteiger partial charge in [-0.2, -0.15) is 20.0 Å². The van der Waals surface area contributed by atoms with Gasteiger partial charge in [-0.15, -0.1) is 0 Å². The lowest BCUT2D eigenvalue weighted by Gasteiger charge is -2.18. The molecule has 134 valence electrons. The summed E-state index contributed by atoms with van der Waals surface area (Å²) in [4.78, 5) is 16.4. The summed E-state index contributed by atoms with van der Waals surface area (Å²) in [5.41, 5.74) is 3.08. The van der Waals surface area contributed by atoms with Crippen LogP contribution in [0.25, 0.3) is 0 Å². The number of carbonyl (C=O) groups excluding carboxylic acids is 1. The van der Waals surface area contributed by atoms with Gasteiger partial charge in [0.2, 0.25) is 0 Å². The number of nitriles is 1. The Bertz CT molecular complexity index is 1080. The Kier molecular flexibility index (Phi) is 4.04. The standard InChI is InChI=1S/C20H14F2N4O/c1-2-16-17(14-8-7-13(21)9-15(14)22)19-18(24-20(27)26(19)25-16)12-5-3-11(10-23)4-6-12/h3-7,9,14H,2,8H2,1H3. The maximum atomic E-state index is 14.6. The predicted octanol–water partition coefficient (Wildman–Crippen LogP) is 4.33. The van der Waals surface area contributed by atoms with Crippen LogP contribution in [0.4, 0.5) is 13.6 Å². The first-order chi connectivity index (χ1) is 13.0. The summed E-state index contributed by atoms with van der Waals surface area (Å²) >= 11 is 0. The van der Waals surface area contributed by atoms with Gasteiger partial charge in [0.1, 0.15) is 23.1 Å². The topological polar surface area (TPSA) is 71.0 Å². The Morgan fingerprint density at radius 3 is 2.67 bits per heavy atom. The van der Waals surface area contributed by atoms with Crippen molar-refractivity contribution < 1.29 is 13.6 Å². The van der Waals surface area contributed by atoms with Gasteiger partial charge in [-0.3, -0.25) is 0 Å². The fourth-order valence-electron chi connectivity index (χ4n) is 3.46. The Labute approximate surface area is 153 Å². The van der Waals surface area contributed by atoms with Crippen molar-refractivity contribution >= 4 is 11.7 Å². The Morgan fingerprint density at radius 1 is 1.30 bits per heavy atom. The molecule has 2 heterocycles. The number of amides is 1. The van der Waals surface area contributed by atoms with Crippen molar-refractivity contribution in [3.8, 4) is 6.07 Å². The van der Waals surface area contributed by atoms with Gasteiger partial charge in [-0.25, -0.2) is 13.6 Å². The number of hydrogen-bond donors (Lipinski definition) is 0. The molecular weight excluding hydrogens is 350 g/mol. The molecule has 4 rings (SSSR count). The van der Waals surface area contributed by atoms with Crippen LogP contribution in [0.1, 0.15) is 47.3 Å². The van der Waals surface area contributed by atoms with Crippen LogP contribution in [0.5, 0.6) is 0 Å². The fourth-order valence-corrected chi connectivity index (χ4v) is 3.46. The number of benzene rings is 1. The number of nitrogens with zero attached hydrogens (tertiary/aromatic N) is 4. The van der Waals surface area contributed by atoms with Crippen LogP contribution >= 0.6 is 0 Å². The maximum Gasteiger partial charge on any atom is 0.369 e. The number of aromatic nitrogens is 2. The second-order valence-corrected chi connectivity index (χ2v) is 6.31. The minimum Gasteiger partial charge on any atom is -0.244 e. The van der Waals surface area contributed by atoms with Crippen LogP contribution in [0.2, 0.25) is 0 Å². The van der Waals surface area contributed by atoms with Crippen molar-refractivity contribution in [2.45, 2.75) is 25.7 Å². The van der Waals surface area contributed by atoms with Crippen molar-refractivity contribution in [1.29, 1.82) is 5.26 Å². The van der Waals surface area contributed by atoms with E-state index in [4.69, 9.17) is 5.26 Å². The van der Waals surface area contributed by atoms with Crippen molar-refractivity contribution in [2.75, 3.05) is 0 Å². The molecule has 2 aliphatic rings. The minimum absolute atomic E-state index is 0.148. The first-order valence-corrected chi connectivity index (χ1v) is 8.52. The van der Waals surface area contributed by atoms with Crippen LogP contribution in [-0.4, -0.2) is 21.5 Å². The van der Waals surface area contributed by atoms with Gasteiger partial charge in [0.15, 0.2) is 0 Å². The van der Waals surface area contributed by atoms with Crippen LogP contribution in [0.3, 0.4) is 0 Å². The van der Waals surface area contributed by atoms with Gasteiger partial charge in [-0.05, 0) is 31.1 Å². The third-order valence-electron chi connectivity index (χ3n) is 4.74. The number of fused-ring (bicyclic) bond motifs is 1. The van der Waals surface area contributed by atoms with E-state index in [0.717, 1.165) is 6.08 Å². The lowest BCUT2D eigenvalue weighted by atomic mass is 9.87. The predicted molar refractivity (Wildman–Crippen MR) is 94.9 cm³/mol. The molecule has 0 radical (unpaired) electrons. The SMILES string of the molecule is CCc1nn2c(c1C1CC=C(F)C=C1F)C(c1ccc(C#N)cc1)=NC2=O. The van der Waals surface area contributed by atoms with Gasteiger partial charge < -0.3 is 0 Å². The zero-order valence-corrected chi connectivity index (χ0v) is 14.4. The minimum atomic E-state index is -0.710. The van der Waals surface area contributed by atoms with E-state index in [0.29, 0.717) is 40.2 Å². The number of carbonyl (C=O) groups is 1. The summed E-state index contributed by atoms with van der Waals surface area (Å²) in [6, 6.07) is 8.12. The third-order valence-corrected chi connectivity index (χ3v) is 4.74. The van der Waals surface area contributed by atoms with Crippen molar-refractivity contribution in [1.82, 2.24) is 9.78 Å². The monoisotopic (exact) mass is 364 g/mol. The largest absolute Gasteiger partial charge is 0.369 e. The van der Waals surface area contributed by atoms with Gasteiger partial charge in [-0.1, -0.05) is 19.1 Å². The van der Waals surface area contributed by atoms with E-state index >= 15 is 0 Å². The summed E-state index contributed by atoms with van der Waals surface area (Å²) in [7, 11) is 0.